The first-order chi connectivity index (χ1) is 6.38. The number of hydrogen-bond acceptors (Lipinski definition) is 1. The van der Waals surface area contributed by atoms with Crippen molar-refractivity contribution in [1.82, 2.24) is 5.32 Å². The lowest BCUT2D eigenvalue weighted by molar-refractivity contribution is 0.284. The van der Waals surface area contributed by atoms with Gasteiger partial charge in [0.1, 0.15) is 0 Å². The van der Waals surface area contributed by atoms with Gasteiger partial charge in [0.25, 0.3) is 0 Å². The summed E-state index contributed by atoms with van der Waals surface area (Å²) in [6.07, 6.45) is 10.2. The molecule has 2 aliphatic rings. The molecule has 0 spiro atoms. The van der Waals surface area contributed by atoms with E-state index in [2.05, 4.69) is 12.2 Å². The highest BCUT2D eigenvalue weighted by atomic mass is 14.9. The summed E-state index contributed by atoms with van der Waals surface area (Å²) >= 11 is 0. The fourth-order valence-corrected chi connectivity index (χ4v) is 2.43. The molecular weight excluding hydrogens is 158 g/mol. The smallest absolute Gasteiger partial charge is 0.00673 e. The van der Waals surface area contributed by atoms with Gasteiger partial charge in [-0.2, -0.15) is 0 Å². The Morgan fingerprint density at radius 3 is 2.08 bits per heavy atom. The van der Waals surface area contributed by atoms with Crippen molar-refractivity contribution >= 4 is 0 Å². The van der Waals surface area contributed by atoms with Gasteiger partial charge in [0.05, 0.1) is 0 Å². The van der Waals surface area contributed by atoms with Gasteiger partial charge in [-0.3, -0.25) is 0 Å². The standard InChI is InChI=1S/C12H23N/c1-2-10-5-7-12(8-6-10)13-9-11-3-4-11/h10-13H,2-9H2,1H3. The van der Waals surface area contributed by atoms with Gasteiger partial charge < -0.3 is 5.32 Å². The molecule has 2 saturated carbocycles. The van der Waals surface area contributed by atoms with Crippen LogP contribution in [0.4, 0.5) is 0 Å². The first-order valence-electron chi connectivity index (χ1n) is 6.12. The molecule has 76 valence electrons. The maximum Gasteiger partial charge on any atom is 0.00673 e. The third-order valence-corrected chi connectivity index (χ3v) is 3.82. The van der Waals surface area contributed by atoms with E-state index in [4.69, 9.17) is 0 Å². The van der Waals surface area contributed by atoms with Crippen LogP contribution in [0.1, 0.15) is 51.9 Å². The van der Waals surface area contributed by atoms with Crippen LogP contribution in [0.25, 0.3) is 0 Å². The minimum atomic E-state index is 0.864. The van der Waals surface area contributed by atoms with E-state index in [1.165, 1.54) is 51.5 Å². The van der Waals surface area contributed by atoms with Crippen LogP contribution in [0, 0.1) is 11.8 Å². The van der Waals surface area contributed by atoms with Crippen molar-refractivity contribution in [1.29, 1.82) is 0 Å². The summed E-state index contributed by atoms with van der Waals surface area (Å²) in [6, 6.07) is 0.864. The predicted octanol–water partition coefficient (Wildman–Crippen LogP) is 2.95. The Labute approximate surface area is 82.3 Å². The molecule has 0 aromatic rings. The Kier molecular flexibility index (Phi) is 3.26. The van der Waals surface area contributed by atoms with Crippen molar-refractivity contribution in [2.24, 2.45) is 11.8 Å². The van der Waals surface area contributed by atoms with E-state index in [1.54, 1.807) is 0 Å². The Morgan fingerprint density at radius 2 is 1.54 bits per heavy atom. The molecule has 0 atom stereocenters. The van der Waals surface area contributed by atoms with Crippen molar-refractivity contribution in [3.63, 3.8) is 0 Å². The third kappa shape index (κ3) is 2.98. The minimum Gasteiger partial charge on any atom is -0.314 e. The van der Waals surface area contributed by atoms with Gasteiger partial charge in [-0.05, 0) is 56.9 Å². The van der Waals surface area contributed by atoms with Crippen LogP contribution in [0.2, 0.25) is 0 Å². The summed E-state index contributed by atoms with van der Waals surface area (Å²) in [5.41, 5.74) is 0. The lowest BCUT2D eigenvalue weighted by Crippen LogP contribution is -2.34. The van der Waals surface area contributed by atoms with Gasteiger partial charge in [0, 0.05) is 6.04 Å². The SMILES string of the molecule is CCC1CCC(NCC2CC2)CC1. The monoisotopic (exact) mass is 181 g/mol. The highest BCUT2D eigenvalue weighted by Crippen LogP contribution is 2.30. The Morgan fingerprint density at radius 1 is 0.923 bits per heavy atom. The topological polar surface area (TPSA) is 12.0 Å². The van der Waals surface area contributed by atoms with E-state index >= 15 is 0 Å². The summed E-state index contributed by atoms with van der Waals surface area (Å²) in [5.74, 6) is 2.09. The summed E-state index contributed by atoms with van der Waals surface area (Å²) in [4.78, 5) is 0. The van der Waals surface area contributed by atoms with Gasteiger partial charge in [-0.25, -0.2) is 0 Å². The lowest BCUT2D eigenvalue weighted by Gasteiger charge is -2.28. The maximum absolute atomic E-state index is 3.73. The summed E-state index contributed by atoms with van der Waals surface area (Å²) < 4.78 is 0. The van der Waals surface area contributed by atoms with Crippen molar-refractivity contribution < 1.29 is 0 Å². The molecule has 0 aromatic heterocycles. The lowest BCUT2D eigenvalue weighted by atomic mass is 9.84. The predicted molar refractivity (Wildman–Crippen MR) is 56.8 cm³/mol. The zero-order valence-corrected chi connectivity index (χ0v) is 8.89. The molecular formula is C12H23N. The first kappa shape index (κ1) is 9.51. The van der Waals surface area contributed by atoms with Crippen LogP contribution in [0.5, 0.6) is 0 Å². The summed E-state index contributed by atoms with van der Waals surface area (Å²) in [7, 11) is 0. The molecule has 0 amide bonds. The fraction of sp³-hybridized carbons (Fsp3) is 1.00. The molecule has 2 fully saturated rings. The van der Waals surface area contributed by atoms with E-state index < -0.39 is 0 Å². The number of hydrogen-bond donors (Lipinski definition) is 1. The highest BCUT2D eigenvalue weighted by molar-refractivity contribution is 4.81. The molecule has 1 nitrogen and oxygen atoms in total. The summed E-state index contributed by atoms with van der Waals surface area (Å²) in [6.45, 7) is 3.64. The third-order valence-electron chi connectivity index (χ3n) is 3.82. The molecule has 2 rings (SSSR count). The van der Waals surface area contributed by atoms with Gasteiger partial charge in [0.2, 0.25) is 0 Å². The molecule has 0 saturated heterocycles. The quantitative estimate of drug-likeness (QED) is 0.703. The van der Waals surface area contributed by atoms with Gasteiger partial charge >= 0.3 is 0 Å². The largest absolute Gasteiger partial charge is 0.314 e. The Balaban J connectivity index is 1.59. The molecule has 0 radical (unpaired) electrons. The van der Waals surface area contributed by atoms with Crippen molar-refractivity contribution in [2.75, 3.05) is 6.54 Å². The van der Waals surface area contributed by atoms with Crippen molar-refractivity contribution in [2.45, 2.75) is 57.9 Å². The normalized spacial score (nSPS) is 34.8. The zero-order valence-electron chi connectivity index (χ0n) is 8.89. The molecule has 1 heteroatoms. The van der Waals surface area contributed by atoms with Crippen molar-refractivity contribution in [3.05, 3.63) is 0 Å². The minimum absolute atomic E-state index is 0.864. The van der Waals surface area contributed by atoms with Crippen LogP contribution in [-0.4, -0.2) is 12.6 Å². The molecule has 13 heavy (non-hydrogen) atoms. The second-order valence-corrected chi connectivity index (χ2v) is 4.98. The fourth-order valence-electron chi connectivity index (χ4n) is 2.43. The van der Waals surface area contributed by atoms with E-state index in [-0.39, 0.29) is 0 Å². The van der Waals surface area contributed by atoms with Gasteiger partial charge in [-0.15, -0.1) is 0 Å². The number of rotatable bonds is 4. The molecule has 0 aliphatic heterocycles. The van der Waals surface area contributed by atoms with Gasteiger partial charge in [-0.1, -0.05) is 13.3 Å². The number of nitrogens with one attached hydrogen (secondary N) is 1. The van der Waals surface area contributed by atoms with E-state index in [1.807, 2.05) is 0 Å². The van der Waals surface area contributed by atoms with E-state index in [9.17, 15) is 0 Å². The van der Waals surface area contributed by atoms with Crippen LogP contribution in [0.3, 0.4) is 0 Å². The molecule has 1 N–H and O–H groups in total. The van der Waals surface area contributed by atoms with Crippen LogP contribution >= 0.6 is 0 Å². The van der Waals surface area contributed by atoms with E-state index in [0.29, 0.717) is 0 Å². The first-order valence-corrected chi connectivity index (χ1v) is 6.12. The summed E-state index contributed by atoms with van der Waals surface area (Å²) in [5, 5.41) is 3.73. The Bertz CT molecular complexity index is 143. The van der Waals surface area contributed by atoms with Crippen LogP contribution < -0.4 is 5.32 Å². The highest BCUT2D eigenvalue weighted by Gasteiger charge is 2.24. The van der Waals surface area contributed by atoms with Gasteiger partial charge in [0.15, 0.2) is 0 Å². The second kappa shape index (κ2) is 4.45. The van der Waals surface area contributed by atoms with Crippen LogP contribution in [-0.2, 0) is 0 Å². The average molecular weight is 181 g/mol. The maximum atomic E-state index is 3.73. The zero-order chi connectivity index (χ0) is 9.10. The molecule has 0 heterocycles. The van der Waals surface area contributed by atoms with Crippen molar-refractivity contribution in [3.8, 4) is 0 Å². The Hall–Kier alpha value is -0.0400. The molecule has 0 unspecified atom stereocenters. The molecule has 0 aromatic carbocycles. The molecule has 2 aliphatic carbocycles. The molecule has 0 bridgehead atoms. The van der Waals surface area contributed by atoms with E-state index in [0.717, 1.165) is 17.9 Å². The second-order valence-electron chi connectivity index (χ2n) is 4.98. The van der Waals surface area contributed by atoms with Crippen LogP contribution in [0.15, 0.2) is 0 Å². The average Bonchev–Trinajstić information content (AvgIpc) is 2.99.